The summed E-state index contributed by atoms with van der Waals surface area (Å²) < 4.78 is 0. The third-order valence-electron chi connectivity index (χ3n) is 1.87. The van der Waals surface area contributed by atoms with Crippen LogP contribution in [0.1, 0.15) is 18.4 Å². The largest absolute Gasteiger partial charge is 0.330 e. The highest BCUT2D eigenvalue weighted by molar-refractivity contribution is 6.42. The van der Waals surface area contributed by atoms with Crippen molar-refractivity contribution in [2.75, 3.05) is 6.54 Å². The maximum Gasteiger partial charge on any atom is 0.0595 e. The molecule has 0 aromatic heterocycles. The summed E-state index contributed by atoms with van der Waals surface area (Å²) in [6.45, 7) is 2.68. The lowest BCUT2D eigenvalue weighted by Gasteiger charge is -2.09. The van der Waals surface area contributed by atoms with Crippen LogP contribution in [0.15, 0.2) is 18.2 Å². The van der Waals surface area contributed by atoms with Crippen LogP contribution in [0, 0.1) is 0 Å². The van der Waals surface area contributed by atoms with Gasteiger partial charge in [-0.1, -0.05) is 36.2 Å². The number of hydrogen-bond donors (Lipinski definition) is 1. The Kier molecular flexibility index (Phi) is 5.73. The molecular formula is C9H12Cl3N. The first-order valence-corrected chi connectivity index (χ1v) is 4.55. The van der Waals surface area contributed by atoms with Crippen molar-refractivity contribution in [3.8, 4) is 0 Å². The van der Waals surface area contributed by atoms with Gasteiger partial charge >= 0.3 is 0 Å². The molecule has 1 nitrogen and oxygen atoms in total. The van der Waals surface area contributed by atoms with E-state index in [9.17, 15) is 0 Å². The van der Waals surface area contributed by atoms with Gasteiger partial charge in [-0.2, -0.15) is 0 Å². The minimum absolute atomic E-state index is 0. The number of benzene rings is 1. The predicted octanol–water partition coefficient (Wildman–Crippen LogP) is 3.48. The number of hydrogen-bond acceptors (Lipinski definition) is 1. The fraction of sp³-hybridized carbons (Fsp3) is 0.333. The monoisotopic (exact) mass is 239 g/mol. The van der Waals surface area contributed by atoms with Gasteiger partial charge in [0.15, 0.2) is 0 Å². The van der Waals surface area contributed by atoms with Crippen molar-refractivity contribution in [2.24, 2.45) is 5.73 Å². The standard InChI is InChI=1S/C9H11Cl2N.ClH/c1-6(5-12)7-2-3-8(10)9(11)4-7;/h2-4,6H,5,12H2,1H3;1H. The van der Waals surface area contributed by atoms with E-state index in [2.05, 4.69) is 6.92 Å². The Balaban J connectivity index is 0.00000144. The number of halogens is 3. The van der Waals surface area contributed by atoms with E-state index >= 15 is 0 Å². The molecule has 74 valence electrons. The Bertz CT molecular complexity index is 276. The smallest absolute Gasteiger partial charge is 0.0595 e. The van der Waals surface area contributed by atoms with E-state index in [0.29, 0.717) is 22.5 Å². The van der Waals surface area contributed by atoms with E-state index < -0.39 is 0 Å². The fourth-order valence-electron chi connectivity index (χ4n) is 0.955. The van der Waals surface area contributed by atoms with E-state index in [-0.39, 0.29) is 12.4 Å². The third-order valence-corrected chi connectivity index (χ3v) is 2.61. The second-order valence-corrected chi connectivity index (χ2v) is 3.62. The van der Waals surface area contributed by atoms with E-state index in [1.54, 1.807) is 6.07 Å². The van der Waals surface area contributed by atoms with Gasteiger partial charge in [-0.15, -0.1) is 12.4 Å². The number of nitrogens with two attached hydrogens (primary N) is 1. The van der Waals surface area contributed by atoms with Crippen molar-refractivity contribution in [2.45, 2.75) is 12.8 Å². The Morgan fingerprint density at radius 2 is 1.92 bits per heavy atom. The van der Waals surface area contributed by atoms with Crippen molar-refractivity contribution in [3.05, 3.63) is 33.8 Å². The average molecular weight is 241 g/mol. The van der Waals surface area contributed by atoms with Gasteiger partial charge in [0, 0.05) is 0 Å². The normalized spacial score (nSPS) is 12.0. The summed E-state index contributed by atoms with van der Waals surface area (Å²) in [4.78, 5) is 0. The van der Waals surface area contributed by atoms with Crippen LogP contribution in [0.25, 0.3) is 0 Å². The molecule has 0 aliphatic rings. The summed E-state index contributed by atoms with van der Waals surface area (Å²) in [7, 11) is 0. The highest BCUT2D eigenvalue weighted by Gasteiger charge is 2.04. The van der Waals surface area contributed by atoms with Crippen LogP contribution < -0.4 is 5.73 Å². The second kappa shape index (κ2) is 5.71. The first-order valence-electron chi connectivity index (χ1n) is 3.80. The predicted molar refractivity (Wildman–Crippen MR) is 61.2 cm³/mol. The van der Waals surface area contributed by atoms with E-state index in [0.717, 1.165) is 5.56 Å². The van der Waals surface area contributed by atoms with Crippen molar-refractivity contribution < 1.29 is 0 Å². The summed E-state index contributed by atoms with van der Waals surface area (Å²) in [5.41, 5.74) is 6.65. The molecule has 0 heterocycles. The molecule has 1 atom stereocenters. The summed E-state index contributed by atoms with van der Waals surface area (Å²) in [5, 5.41) is 1.18. The van der Waals surface area contributed by atoms with Gasteiger partial charge in [0.2, 0.25) is 0 Å². The maximum absolute atomic E-state index is 5.84. The van der Waals surface area contributed by atoms with Gasteiger partial charge in [-0.05, 0) is 30.2 Å². The van der Waals surface area contributed by atoms with Crippen LogP contribution in [0.2, 0.25) is 10.0 Å². The van der Waals surface area contributed by atoms with Crippen molar-refractivity contribution in [1.29, 1.82) is 0 Å². The lowest BCUT2D eigenvalue weighted by Crippen LogP contribution is -2.08. The summed E-state index contributed by atoms with van der Waals surface area (Å²) in [5.74, 6) is 0.333. The molecule has 0 bridgehead atoms. The average Bonchev–Trinajstić information content (AvgIpc) is 2.08. The van der Waals surface area contributed by atoms with Gasteiger partial charge < -0.3 is 5.73 Å². The molecule has 0 aliphatic carbocycles. The summed E-state index contributed by atoms with van der Waals surface area (Å²) >= 11 is 11.6. The van der Waals surface area contributed by atoms with Crippen LogP contribution in [-0.4, -0.2) is 6.54 Å². The molecule has 2 N–H and O–H groups in total. The number of rotatable bonds is 2. The van der Waals surface area contributed by atoms with Crippen molar-refractivity contribution in [3.63, 3.8) is 0 Å². The van der Waals surface area contributed by atoms with Crippen LogP contribution in [0.4, 0.5) is 0 Å². The van der Waals surface area contributed by atoms with Crippen LogP contribution in [-0.2, 0) is 0 Å². The van der Waals surface area contributed by atoms with Crippen molar-refractivity contribution in [1.82, 2.24) is 0 Å². The zero-order valence-electron chi connectivity index (χ0n) is 7.26. The highest BCUT2D eigenvalue weighted by Crippen LogP contribution is 2.25. The molecule has 0 amide bonds. The topological polar surface area (TPSA) is 26.0 Å². The van der Waals surface area contributed by atoms with E-state index in [1.165, 1.54) is 0 Å². The molecular weight excluding hydrogens is 228 g/mol. The Labute approximate surface area is 94.6 Å². The van der Waals surface area contributed by atoms with Crippen LogP contribution >= 0.6 is 35.6 Å². The quantitative estimate of drug-likeness (QED) is 0.841. The molecule has 0 spiro atoms. The Morgan fingerprint density at radius 3 is 2.38 bits per heavy atom. The Morgan fingerprint density at radius 1 is 1.31 bits per heavy atom. The SMILES string of the molecule is CC(CN)c1ccc(Cl)c(Cl)c1.Cl. The highest BCUT2D eigenvalue weighted by atomic mass is 35.5. The van der Waals surface area contributed by atoms with E-state index in [4.69, 9.17) is 28.9 Å². The molecule has 0 fully saturated rings. The minimum atomic E-state index is 0. The second-order valence-electron chi connectivity index (χ2n) is 2.81. The molecule has 4 heteroatoms. The molecule has 1 aromatic carbocycles. The van der Waals surface area contributed by atoms with E-state index in [1.807, 2.05) is 12.1 Å². The lowest BCUT2D eigenvalue weighted by atomic mass is 10.0. The van der Waals surface area contributed by atoms with Crippen molar-refractivity contribution >= 4 is 35.6 Å². The first-order chi connectivity index (χ1) is 5.65. The first kappa shape index (κ1) is 13.1. The molecule has 1 rings (SSSR count). The molecule has 0 saturated heterocycles. The molecule has 0 saturated carbocycles. The van der Waals surface area contributed by atoms with Gasteiger partial charge in [0.1, 0.15) is 0 Å². The minimum Gasteiger partial charge on any atom is -0.330 e. The van der Waals surface area contributed by atoms with Gasteiger partial charge in [0.25, 0.3) is 0 Å². The molecule has 0 aliphatic heterocycles. The van der Waals surface area contributed by atoms with Gasteiger partial charge in [-0.3, -0.25) is 0 Å². The molecule has 1 unspecified atom stereocenters. The fourth-order valence-corrected chi connectivity index (χ4v) is 1.26. The maximum atomic E-state index is 5.84. The zero-order valence-corrected chi connectivity index (χ0v) is 9.59. The summed E-state index contributed by atoms with van der Waals surface area (Å²) in [6, 6.07) is 5.61. The molecule has 1 aromatic rings. The third kappa shape index (κ3) is 3.35. The Hall–Kier alpha value is 0.0500. The van der Waals surface area contributed by atoms with Gasteiger partial charge in [0.05, 0.1) is 10.0 Å². The molecule has 13 heavy (non-hydrogen) atoms. The van der Waals surface area contributed by atoms with Crippen LogP contribution in [0.3, 0.4) is 0 Å². The summed E-state index contributed by atoms with van der Waals surface area (Å²) in [6.07, 6.45) is 0. The van der Waals surface area contributed by atoms with Crippen LogP contribution in [0.5, 0.6) is 0 Å². The lowest BCUT2D eigenvalue weighted by molar-refractivity contribution is 0.774. The molecule has 0 radical (unpaired) electrons. The van der Waals surface area contributed by atoms with Gasteiger partial charge in [-0.25, -0.2) is 0 Å². The zero-order chi connectivity index (χ0) is 9.14.